The average Bonchev–Trinajstić information content (AvgIpc) is 3.11. The Morgan fingerprint density at radius 2 is 1.52 bits per heavy atom. The highest BCUT2D eigenvalue weighted by Gasteiger charge is 2.35. The van der Waals surface area contributed by atoms with Gasteiger partial charge < -0.3 is 24.4 Å². The van der Waals surface area contributed by atoms with Crippen molar-refractivity contribution >= 4 is 39.1 Å². The number of carbonyl (C=O) groups excluding carboxylic acids is 2. The van der Waals surface area contributed by atoms with Gasteiger partial charge in [-0.1, -0.05) is 67.9 Å². The second-order valence-electron chi connectivity index (χ2n) is 12.0. The first kappa shape index (κ1) is 38.1. The minimum atomic E-state index is -4.38. The van der Waals surface area contributed by atoms with Gasteiger partial charge in [0.1, 0.15) is 18.3 Å². The molecule has 0 aliphatic rings. The molecule has 10 nitrogen and oxygen atoms in total. The molecule has 0 aromatic heterocycles. The van der Waals surface area contributed by atoms with Crippen LogP contribution in [0.3, 0.4) is 0 Å². The zero-order chi connectivity index (χ0) is 36.3. The molecule has 0 saturated carbocycles. The summed E-state index contributed by atoms with van der Waals surface area (Å²) < 4.78 is 46.3. The highest BCUT2D eigenvalue weighted by molar-refractivity contribution is 7.92. The van der Waals surface area contributed by atoms with Crippen LogP contribution in [-0.2, 0) is 32.6 Å². The number of benzene rings is 4. The van der Waals surface area contributed by atoms with Crippen molar-refractivity contribution in [2.75, 3.05) is 38.2 Å². The Morgan fingerprint density at radius 3 is 2.14 bits per heavy atom. The Morgan fingerprint density at radius 1 is 0.840 bits per heavy atom. The Bertz CT molecular complexity index is 1840. The molecule has 50 heavy (non-hydrogen) atoms. The zero-order valence-corrected chi connectivity index (χ0v) is 30.5. The SMILES string of the molecule is CCOc1ccc(N(CC(=O)N(Cc2cccc(Cl)c2)[C@H](Cc2ccccc2)C(=O)NCC(C)C)S(=O)(=O)c2ccc(OC)c(OC)c2)cc1. The van der Waals surface area contributed by atoms with Gasteiger partial charge in [0.25, 0.3) is 10.0 Å². The van der Waals surface area contributed by atoms with Crippen molar-refractivity contribution in [2.45, 2.75) is 44.7 Å². The van der Waals surface area contributed by atoms with E-state index in [2.05, 4.69) is 5.32 Å². The molecule has 0 unspecified atom stereocenters. The quantitative estimate of drug-likeness (QED) is 0.135. The number of amides is 2. The highest BCUT2D eigenvalue weighted by Crippen LogP contribution is 2.33. The largest absolute Gasteiger partial charge is 0.494 e. The van der Waals surface area contributed by atoms with E-state index >= 15 is 0 Å². The third kappa shape index (κ3) is 9.92. The number of anilines is 1. The van der Waals surface area contributed by atoms with Crippen LogP contribution in [0.2, 0.25) is 5.02 Å². The molecule has 4 aromatic carbocycles. The van der Waals surface area contributed by atoms with Crippen LogP contribution < -0.4 is 23.8 Å². The summed E-state index contributed by atoms with van der Waals surface area (Å²) >= 11 is 6.34. The predicted octanol–water partition coefficient (Wildman–Crippen LogP) is 6.36. The minimum Gasteiger partial charge on any atom is -0.494 e. The average molecular weight is 722 g/mol. The van der Waals surface area contributed by atoms with E-state index in [-0.39, 0.29) is 41.1 Å². The van der Waals surface area contributed by atoms with Gasteiger partial charge in [-0.2, -0.15) is 0 Å². The van der Waals surface area contributed by atoms with Gasteiger partial charge in [-0.05, 0) is 72.5 Å². The number of hydrogen-bond donors (Lipinski definition) is 1. The second-order valence-corrected chi connectivity index (χ2v) is 14.3. The third-order valence-electron chi connectivity index (χ3n) is 7.86. The number of rotatable bonds is 17. The molecule has 0 spiro atoms. The number of nitrogens with zero attached hydrogens (tertiary/aromatic N) is 2. The molecule has 0 heterocycles. The molecule has 0 fully saturated rings. The van der Waals surface area contributed by atoms with Gasteiger partial charge >= 0.3 is 0 Å². The van der Waals surface area contributed by atoms with Crippen molar-refractivity contribution < 1.29 is 32.2 Å². The molecule has 12 heteroatoms. The number of methoxy groups -OCH3 is 2. The summed E-state index contributed by atoms with van der Waals surface area (Å²) in [6.45, 7) is 6.01. The molecule has 0 bridgehead atoms. The monoisotopic (exact) mass is 721 g/mol. The van der Waals surface area contributed by atoms with Crippen LogP contribution >= 0.6 is 11.6 Å². The molecule has 4 aromatic rings. The molecule has 0 aliphatic carbocycles. The lowest BCUT2D eigenvalue weighted by Gasteiger charge is -2.34. The first-order valence-corrected chi connectivity index (χ1v) is 18.1. The molecule has 0 radical (unpaired) electrons. The van der Waals surface area contributed by atoms with E-state index in [9.17, 15) is 18.0 Å². The van der Waals surface area contributed by atoms with Gasteiger partial charge in [-0.15, -0.1) is 0 Å². The highest BCUT2D eigenvalue weighted by atomic mass is 35.5. The molecule has 1 atom stereocenters. The number of halogens is 1. The minimum absolute atomic E-state index is 0.000480. The Balaban J connectivity index is 1.83. The maximum atomic E-state index is 14.7. The van der Waals surface area contributed by atoms with E-state index in [1.54, 1.807) is 42.5 Å². The number of ether oxygens (including phenoxy) is 3. The van der Waals surface area contributed by atoms with Crippen molar-refractivity contribution in [2.24, 2.45) is 5.92 Å². The molecule has 1 N–H and O–H groups in total. The van der Waals surface area contributed by atoms with E-state index in [4.69, 9.17) is 25.8 Å². The third-order valence-corrected chi connectivity index (χ3v) is 9.86. The molecule has 0 saturated heterocycles. The van der Waals surface area contributed by atoms with Crippen LogP contribution in [0.5, 0.6) is 17.2 Å². The number of carbonyl (C=O) groups is 2. The van der Waals surface area contributed by atoms with Crippen molar-refractivity contribution in [3.05, 3.63) is 113 Å². The maximum Gasteiger partial charge on any atom is 0.264 e. The van der Waals surface area contributed by atoms with Gasteiger partial charge in [0.15, 0.2) is 11.5 Å². The standard InChI is InChI=1S/C38H44ClN3O7S/c1-6-49-32-17-15-31(16-18-32)42(50(45,46)33-19-20-35(47-4)36(23-33)48-5)26-37(43)41(25-29-13-10-14-30(39)21-29)34(38(44)40-24-27(2)3)22-28-11-8-7-9-12-28/h7-21,23,27,34H,6,22,24-26H2,1-5H3,(H,40,44)/t34-/m1/s1. The number of nitrogens with one attached hydrogen (secondary N) is 1. The number of hydrogen-bond acceptors (Lipinski definition) is 7. The predicted molar refractivity (Wildman–Crippen MR) is 195 cm³/mol. The van der Waals surface area contributed by atoms with Crippen molar-refractivity contribution in [1.29, 1.82) is 0 Å². The van der Waals surface area contributed by atoms with Crippen molar-refractivity contribution in [3.63, 3.8) is 0 Å². The summed E-state index contributed by atoms with van der Waals surface area (Å²) in [4.78, 5) is 30.0. The van der Waals surface area contributed by atoms with Gasteiger partial charge in [0.2, 0.25) is 11.8 Å². The van der Waals surface area contributed by atoms with E-state index in [1.165, 1.54) is 37.3 Å². The summed E-state index contributed by atoms with van der Waals surface area (Å²) in [6.07, 6.45) is 0.197. The molecular formula is C38H44ClN3O7S. The summed E-state index contributed by atoms with van der Waals surface area (Å²) in [5.74, 6) is 0.309. The van der Waals surface area contributed by atoms with E-state index in [0.29, 0.717) is 35.2 Å². The molecule has 0 aliphatic heterocycles. The smallest absolute Gasteiger partial charge is 0.264 e. The van der Waals surface area contributed by atoms with Crippen LogP contribution in [0, 0.1) is 5.92 Å². The van der Waals surface area contributed by atoms with Crippen LogP contribution in [0.1, 0.15) is 31.9 Å². The lowest BCUT2D eigenvalue weighted by atomic mass is 10.0. The summed E-state index contributed by atoms with van der Waals surface area (Å²) in [7, 11) is -1.52. The molecular weight excluding hydrogens is 678 g/mol. The molecule has 266 valence electrons. The van der Waals surface area contributed by atoms with Crippen LogP contribution in [0.25, 0.3) is 0 Å². The van der Waals surface area contributed by atoms with Crippen LogP contribution in [0.15, 0.2) is 102 Å². The van der Waals surface area contributed by atoms with Crippen LogP contribution in [0.4, 0.5) is 5.69 Å². The fourth-order valence-electron chi connectivity index (χ4n) is 5.32. The molecule has 2 amide bonds. The lowest BCUT2D eigenvalue weighted by molar-refractivity contribution is -0.140. The second kappa shape index (κ2) is 17.8. The van der Waals surface area contributed by atoms with Crippen molar-refractivity contribution in [3.8, 4) is 17.2 Å². The fourth-order valence-corrected chi connectivity index (χ4v) is 6.96. The topological polar surface area (TPSA) is 114 Å². The van der Waals surface area contributed by atoms with Crippen molar-refractivity contribution in [1.82, 2.24) is 10.2 Å². The van der Waals surface area contributed by atoms with E-state index in [1.807, 2.05) is 57.2 Å². The van der Waals surface area contributed by atoms with E-state index < -0.39 is 28.5 Å². The summed E-state index contributed by atoms with van der Waals surface area (Å²) in [6, 6.07) is 26.1. The maximum absolute atomic E-state index is 14.7. The number of sulfonamides is 1. The van der Waals surface area contributed by atoms with Gasteiger partial charge in [-0.25, -0.2) is 8.42 Å². The van der Waals surface area contributed by atoms with Gasteiger partial charge in [0, 0.05) is 30.6 Å². The van der Waals surface area contributed by atoms with E-state index in [0.717, 1.165) is 9.87 Å². The van der Waals surface area contributed by atoms with Gasteiger partial charge in [-0.3, -0.25) is 13.9 Å². The summed E-state index contributed by atoms with van der Waals surface area (Å²) in [5, 5.41) is 3.45. The first-order chi connectivity index (χ1) is 24.0. The molecule has 4 rings (SSSR count). The van der Waals surface area contributed by atoms with Crippen LogP contribution in [-0.4, -0.2) is 65.1 Å². The zero-order valence-electron chi connectivity index (χ0n) is 29.0. The first-order valence-electron chi connectivity index (χ1n) is 16.3. The lowest BCUT2D eigenvalue weighted by Crippen LogP contribution is -2.53. The Hall–Kier alpha value is -4.74. The normalized spacial score (nSPS) is 11.8. The summed E-state index contributed by atoms with van der Waals surface area (Å²) in [5.41, 5.74) is 1.74. The van der Waals surface area contributed by atoms with Gasteiger partial charge in [0.05, 0.1) is 31.4 Å². The Kier molecular flexibility index (Phi) is 13.5. The fraction of sp³-hybridized carbons (Fsp3) is 0.316. The Labute approximate surface area is 300 Å².